The van der Waals surface area contributed by atoms with Crippen molar-refractivity contribution in [1.82, 2.24) is 5.32 Å². The van der Waals surface area contributed by atoms with Crippen LogP contribution in [0, 0.1) is 0 Å². The topological polar surface area (TPSA) is 39.7 Å². The molecule has 1 aliphatic rings. The number of ether oxygens (including phenoxy) is 3. The third-order valence-corrected chi connectivity index (χ3v) is 3.69. The summed E-state index contributed by atoms with van der Waals surface area (Å²) >= 11 is 6.31. The van der Waals surface area contributed by atoms with Crippen LogP contribution < -0.4 is 14.8 Å². The maximum atomic E-state index is 6.31. The highest BCUT2D eigenvalue weighted by atomic mass is 35.5. The zero-order valence-electron chi connectivity index (χ0n) is 11.4. The van der Waals surface area contributed by atoms with Crippen LogP contribution in [0.1, 0.15) is 18.4 Å². The molecule has 1 heterocycles. The van der Waals surface area contributed by atoms with Crippen molar-refractivity contribution in [2.45, 2.75) is 25.5 Å². The number of methoxy groups -OCH3 is 2. The van der Waals surface area contributed by atoms with E-state index < -0.39 is 0 Å². The van der Waals surface area contributed by atoms with Gasteiger partial charge in [-0.3, -0.25) is 0 Å². The van der Waals surface area contributed by atoms with E-state index >= 15 is 0 Å². The van der Waals surface area contributed by atoms with Crippen molar-refractivity contribution in [3.63, 3.8) is 0 Å². The molecule has 0 bridgehead atoms. The third kappa shape index (κ3) is 3.53. The van der Waals surface area contributed by atoms with Gasteiger partial charge in [0.1, 0.15) is 0 Å². The van der Waals surface area contributed by atoms with Gasteiger partial charge in [0.2, 0.25) is 0 Å². The number of nitrogens with one attached hydrogen (secondary N) is 1. The molecule has 1 N–H and O–H groups in total. The molecule has 106 valence electrons. The van der Waals surface area contributed by atoms with Crippen LogP contribution in [0.5, 0.6) is 11.5 Å². The van der Waals surface area contributed by atoms with Gasteiger partial charge in [-0.15, -0.1) is 0 Å². The highest BCUT2D eigenvalue weighted by molar-refractivity contribution is 6.33. The molecule has 2 rings (SSSR count). The van der Waals surface area contributed by atoms with Gasteiger partial charge < -0.3 is 19.5 Å². The van der Waals surface area contributed by atoms with Crippen LogP contribution >= 0.6 is 11.6 Å². The van der Waals surface area contributed by atoms with E-state index in [1.54, 1.807) is 14.2 Å². The monoisotopic (exact) mass is 285 g/mol. The molecule has 0 saturated carbocycles. The lowest BCUT2D eigenvalue weighted by Crippen LogP contribution is -2.25. The van der Waals surface area contributed by atoms with Crippen molar-refractivity contribution < 1.29 is 14.2 Å². The van der Waals surface area contributed by atoms with E-state index in [1.807, 2.05) is 12.1 Å². The molecule has 0 amide bonds. The summed E-state index contributed by atoms with van der Waals surface area (Å²) in [6.45, 7) is 2.42. The number of benzene rings is 1. The third-order valence-electron chi connectivity index (χ3n) is 3.28. The fourth-order valence-electron chi connectivity index (χ4n) is 2.24. The standard InChI is InChI=1S/C14H20ClNO3/c1-17-12-6-5-10(13(15)14(12)18-2)8-16-9-11-4-3-7-19-11/h5-6,11,16H,3-4,7-9H2,1-2H3/t11-/m0/s1. The Morgan fingerprint density at radius 1 is 1.37 bits per heavy atom. The zero-order chi connectivity index (χ0) is 13.7. The van der Waals surface area contributed by atoms with Gasteiger partial charge in [-0.1, -0.05) is 17.7 Å². The molecule has 1 saturated heterocycles. The molecule has 0 spiro atoms. The number of hydrogen-bond acceptors (Lipinski definition) is 4. The van der Waals surface area contributed by atoms with Crippen LogP contribution in [0.2, 0.25) is 5.02 Å². The first-order valence-corrected chi connectivity index (χ1v) is 6.85. The van der Waals surface area contributed by atoms with Gasteiger partial charge in [0.05, 0.1) is 25.3 Å². The largest absolute Gasteiger partial charge is 0.493 e. The molecule has 0 aliphatic carbocycles. The minimum atomic E-state index is 0.332. The second kappa shape index (κ2) is 6.98. The van der Waals surface area contributed by atoms with Crippen molar-refractivity contribution in [2.75, 3.05) is 27.4 Å². The van der Waals surface area contributed by atoms with Crippen molar-refractivity contribution >= 4 is 11.6 Å². The smallest absolute Gasteiger partial charge is 0.179 e. The van der Waals surface area contributed by atoms with Crippen LogP contribution in [-0.2, 0) is 11.3 Å². The number of rotatable bonds is 6. The van der Waals surface area contributed by atoms with Gasteiger partial charge in [0.15, 0.2) is 11.5 Å². The Balaban J connectivity index is 1.95. The molecule has 1 aromatic rings. The first-order valence-electron chi connectivity index (χ1n) is 6.48. The minimum Gasteiger partial charge on any atom is -0.493 e. The van der Waals surface area contributed by atoms with Crippen LogP contribution in [0.4, 0.5) is 0 Å². The summed E-state index contributed by atoms with van der Waals surface area (Å²) in [5.74, 6) is 1.23. The zero-order valence-corrected chi connectivity index (χ0v) is 12.1. The summed E-state index contributed by atoms with van der Waals surface area (Å²) in [5, 5.41) is 3.97. The van der Waals surface area contributed by atoms with Crippen molar-refractivity contribution in [2.24, 2.45) is 0 Å². The lowest BCUT2D eigenvalue weighted by atomic mass is 10.2. The highest BCUT2D eigenvalue weighted by Crippen LogP contribution is 2.37. The molecular weight excluding hydrogens is 266 g/mol. The van der Waals surface area contributed by atoms with E-state index in [9.17, 15) is 0 Å². The first kappa shape index (κ1) is 14.4. The van der Waals surface area contributed by atoms with E-state index in [1.165, 1.54) is 0 Å². The molecule has 19 heavy (non-hydrogen) atoms. The average Bonchev–Trinajstić information content (AvgIpc) is 2.93. The molecule has 5 heteroatoms. The number of hydrogen-bond donors (Lipinski definition) is 1. The maximum absolute atomic E-state index is 6.31. The van der Waals surface area contributed by atoms with E-state index in [2.05, 4.69) is 5.32 Å². The molecule has 1 fully saturated rings. The molecule has 0 unspecified atom stereocenters. The SMILES string of the molecule is COc1ccc(CNC[C@@H]2CCCO2)c(Cl)c1OC. The van der Waals surface area contributed by atoms with Gasteiger partial charge >= 0.3 is 0 Å². The quantitative estimate of drug-likeness (QED) is 0.872. The summed E-state index contributed by atoms with van der Waals surface area (Å²) in [5.41, 5.74) is 0.998. The predicted octanol–water partition coefficient (Wildman–Crippen LogP) is 2.63. The van der Waals surface area contributed by atoms with Gasteiger partial charge in [-0.2, -0.15) is 0 Å². The fourth-order valence-corrected chi connectivity index (χ4v) is 2.54. The average molecular weight is 286 g/mol. The summed E-state index contributed by atoms with van der Waals surface area (Å²) < 4.78 is 16.0. The lowest BCUT2D eigenvalue weighted by Gasteiger charge is -2.14. The lowest BCUT2D eigenvalue weighted by molar-refractivity contribution is 0.110. The Hall–Kier alpha value is -0.970. The number of halogens is 1. The second-order valence-electron chi connectivity index (χ2n) is 4.54. The van der Waals surface area contributed by atoms with Crippen LogP contribution in [0.25, 0.3) is 0 Å². The summed E-state index contributed by atoms with van der Waals surface area (Å²) in [6.07, 6.45) is 2.62. The van der Waals surface area contributed by atoms with E-state index in [4.69, 9.17) is 25.8 Å². The summed E-state index contributed by atoms with van der Waals surface area (Å²) in [7, 11) is 3.19. The van der Waals surface area contributed by atoms with Crippen molar-refractivity contribution in [3.05, 3.63) is 22.7 Å². The van der Waals surface area contributed by atoms with Gasteiger partial charge in [-0.25, -0.2) is 0 Å². The molecule has 0 aromatic heterocycles. The van der Waals surface area contributed by atoms with Crippen molar-refractivity contribution in [3.8, 4) is 11.5 Å². The van der Waals surface area contributed by atoms with Gasteiger partial charge in [0.25, 0.3) is 0 Å². The Morgan fingerprint density at radius 3 is 2.84 bits per heavy atom. The fraction of sp³-hybridized carbons (Fsp3) is 0.571. The Labute approximate surface area is 119 Å². The second-order valence-corrected chi connectivity index (χ2v) is 4.92. The molecule has 4 nitrogen and oxygen atoms in total. The Bertz CT molecular complexity index is 419. The van der Waals surface area contributed by atoms with Crippen LogP contribution in [0.15, 0.2) is 12.1 Å². The molecular formula is C14H20ClNO3. The predicted molar refractivity (Wildman–Crippen MR) is 75.2 cm³/mol. The van der Waals surface area contributed by atoms with E-state index in [0.29, 0.717) is 29.2 Å². The molecule has 1 aromatic carbocycles. The first-order chi connectivity index (χ1) is 9.26. The van der Waals surface area contributed by atoms with Gasteiger partial charge in [0, 0.05) is 19.7 Å². The highest BCUT2D eigenvalue weighted by Gasteiger charge is 2.16. The van der Waals surface area contributed by atoms with E-state index in [0.717, 1.165) is 31.6 Å². The molecule has 1 atom stereocenters. The molecule has 0 radical (unpaired) electrons. The summed E-state index contributed by atoms with van der Waals surface area (Å²) in [6, 6.07) is 3.82. The minimum absolute atomic E-state index is 0.332. The normalized spacial score (nSPS) is 18.6. The summed E-state index contributed by atoms with van der Waals surface area (Å²) in [4.78, 5) is 0. The van der Waals surface area contributed by atoms with Crippen LogP contribution in [-0.4, -0.2) is 33.5 Å². The Kier molecular flexibility index (Phi) is 5.31. The Morgan fingerprint density at radius 2 is 2.21 bits per heavy atom. The van der Waals surface area contributed by atoms with Crippen molar-refractivity contribution in [1.29, 1.82) is 0 Å². The molecule has 1 aliphatic heterocycles. The van der Waals surface area contributed by atoms with E-state index in [-0.39, 0.29) is 0 Å². The van der Waals surface area contributed by atoms with Gasteiger partial charge in [-0.05, 0) is 24.5 Å². The maximum Gasteiger partial charge on any atom is 0.179 e. The van der Waals surface area contributed by atoms with Crippen LogP contribution in [0.3, 0.4) is 0 Å².